The predicted molar refractivity (Wildman–Crippen MR) is 206 cm³/mol. The molecule has 6 atom stereocenters. The summed E-state index contributed by atoms with van der Waals surface area (Å²) in [7, 11) is 0. The van der Waals surface area contributed by atoms with Crippen LogP contribution in [0.3, 0.4) is 0 Å². The van der Waals surface area contributed by atoms with Crippen molar-refractivity contribution in [2.75, 3.05) is 26.2 Å². The third-order valence-electron chi connectivity index (χ3n) is 8.06. The van der Waals surface area contributed by atoms with E-state index in [-0.39, 0.29) is 0 Å². The van der Waals surface area contributed by atoms with E-state index in [9.17, 15) is 0 Å². The first-order valence-corrected chi connectivity index (χ1v) is 19.8. The fourth-order valence-electron chi connectivity index (χ4n) is 5.73. The molecule has 42 heavy (non-hydrogen) atoms. The number of hydrogen-bond acceptors (Lipinski definition) is 2. The van der Waals surface area contributed by atoms with Crippen molar-refractivity contribution in [2.45, 2.75) is 204 Å². The summed E-state index contributed by atoms with van der Waals surface area (Å²) in [5, 5.41) is 0. The monoisotopic (exact) mass is 605 g/mol. The molecule has 2 heteroatoms. The average molecular weight is 605 g/mol. The molecule has 0 amide bonds. The normalized spacial score (nSPS) is 24.2. The Morgan fingerprint density at radius 2 is 0.690 bits per heavy atom. The van der Waals surface area contributed by atoms with E-state index in [0.717, 1.165) is 35.5 Å². The molecular weight excluding hydrogens is 508 g/mol. The van der Waals surface area contributed by atoms with E-state index in [0.29, 0.717) is 6.17 Å². The Hall–Kier alpha value is -0.0800. The van der Waals surface area contributed by atoms with E-state index in [1.54, 1.807) is 0 Å². The third kappa shape index (κ3) is 28.7. The Labute approximate surface area is 275 Å². The molecule has 0 aromatic rings. The minimum atomic E-state index is 0.582. The molecule has 2 aliphatic carbocycles. The summed E-state index contributed by atoms with van der Waals surface area (Å²) in [6, 6.07) is 0. The van der Waals surface area contributed by atoms with Crippen LogP contribution in [-0.2, 0) is 0 Å². The van der Waals surface area contributed by atoms with Gasteiger partial charge in [-0.25, -0.2) is 0 Å². The molecule has 0 bridgehead atoms. The lowest BCUT2D eigenvalue weighted by Gasteiger charge is -2.44. The molecule has 2 fully saturated rings. The fraction of sp³-hybridized carbons (Fsp3) is 1.00. The maximum atomic E-state index is 2.78. The molecule has 2 aliphatic rings. The molecule has 0 aromatic heterocycles. The first-order valence-electron chi connectivity index (χ1n) is 19.8. The SMILES string of the molecule is CC.CC.CC.CC.CC.CC.CC.CC.CCN(CC1CC(C)CCC1C)C(C)N(CC)CC1CC(C)CCC1C. The molecule has 2 nitrogen and oxygen atoms in total. The van der Waals surface area contributed by atoms with E-state index in [4.69, 9.17) is 0 Å². The van der Waals surface area contributed by atoms with Crippen molar-refractivity contribution in [1.29, 1.82) is 0 Å². The quantitative estimate of drug-likeness (QED) is 0.254. The van der Waals surface area contributed by atoms with Crippen LogP contribution in [0, 0.1) is 35.5 Å². The summed E-state index contributed by atoms with van der Waals surface area (Å²) in [6.45, 7) is 54.1. The summed E-state index contributed by atoms with van der Waals surface area (Å²) in [6.07, 6.45) is 9.22. The van der Waals surface area contributed by atoms with Crippen LogP contribution in [0.5, 0.6) is 0 Å². The minimum absolute atomic E-state index is 0.582. The zero-order valence-electron chi connectivity index (χ0n) is 35.0. The maximum Gasteiger partial charge on any atom is 0.0593 e. The summed E-state index contributed by atoms with van der Waals surface area (Å²) in [5.74, 6) is 5.46. The highest BCUT2D eigenvalue weighted by molar-refractivity contribution is 4.83. The van der Waals surface area contributed by atoms with Gasteiger partial charge >= 0.3 is 0 Å². The number of hydrogen-bond donors (Lipinski definition) is 0. The molecule has 266 valence electrons. The van der Waals surface area contributed by atoms with Crippen LogP contribution >= 0.6 is 0 Å². The number of rotatable bonds is 8. The van der Waals surface area contributed by atoms with E-state index >= 15 is 0 Å². The average Bonchev–Trinajstić information content (AvgIpc) is 3.09. The second-order valence-corrected chi connectivity index (χ2v) is 10.1. The molecule has 0 spiro atoms. The smallest absolute Gasteiger partial charge is 0.0593 e. The maximum absolute atomic E-state index is 2.78. The fourth-order valence-corrected chi connectivity index (χ4v) is 5.73. The third-order valence-corrected chi connectivity index (χ3v) is 8.06. The van der Waals surface area contributed by atoms with Gasteiger partial charge in [0.1, 0.15) is 0 Å². The largest absolute Gasteiger partial charge is 0.288 e. The number of nitrogens with zero attached hydrogens (tertiary/aromatic N) is 2. The van der Waals surface area contributed by atoms with Crippen LogP contribution in [0.25, 0.3) is 0 Å². The summed E-state index contributed by atoms with van der Waals surface area (Å²) in [4.78, 5) is 5.55. The summed E-state index contributed by atoms with van der Waals surface area (Å²) >= 11 is 0. The van der Waals surface area contributed by atoms with E-state index in [1.165, 1.54) is 64.7 Å². The van der Waals surface area contributed by atoms with Crippen molar-refractivity contribution in [2.24, 2.45) is 35.5 Å². The van der Waals surface area contributed by atoms with Gasteiger partial charge in [0.25, 0.3) is 0 Å². The molecule has 0 N–H and O–H groups in total. The predicted octanol–water partition coefficient (Wildman–Crippen LogP) is 14.3. The van der Waals surface area contributed by atoms with E-state index in [1.807, 2.05) is 111 Å². The summed E-state index contributed by atoms with van der Waals surface area (Å²) < 4.78 is 0. The highest BCUT2D eigenvalue weighted by Crippen LogP contribution is 2.36. The van der Waals surface area contributed by atoms with Crippen LogP contribution in [0.1, 0.15) is 198 Å². The van der Waals surface area contributed by atoms with Crippen LogP contribution < -0.4 is 0 Å². The van der Waals surface area contributed by atoms with Crippen molar-refractivity contribution in [3.05, 3.63) is 0 Å². The molecule has 0 radical (unpaired) electrons. The summed E-state index contributed by atoms with van der Waals surface area (Å²) in [5.41, 5.74) is 0. The molecule has 0 aliphatic heterocycles. The molecule has 2 saturated carbocycles. The molecule has 0 heterocycles. The molecule has 0 saturated heterocycles. The highest BCUT2D eigenvalue weighted by Gasteiger charge is 2.32. The van der Waals surface area contributed by atoms with Gasteiger partial charge in [-0.15, -0.1) is 0 Å². The Morgan fingerprint density at radius 3 is 0.905 bits per heavy atom. The first kappa shape index (κ1) is 57.6. The van der Waals surface area contributed by atoms with Gasteiger partial charge < -0.3 is 0 Å². The van der Waals surface area contributed by atoms with Crippen molar-refractivity contribution >= 4 is 0 Å². The Morgan fingerprint density at radius 1 is 0.452 bits per heavy atom. The zero-order chi connectivity index (χ0) is 35.3. The van der Waals surface area contributed by atoms with Gasteiger partial charge in [-0.05, 0) is 68.4 Å². The lowest BCUT2D eigenvalue weighted by atomic mass is 9.75. The zero-order valence-corrected chi connectivity index (χ0v) is 35.0. The van der Waals surface area contributed by atoms with Crippen LogP contribution in [0.2, 0.25) is 0 Å². The molecular formula is C40H96N2. The Balaban J connectivity index is -0.000000132. The Bertz CT molecular complexity index is 361. The van der Waals surface area contributed by atoms with Gasteiger partial charge in [0.05, 0.1) is 6.17 Å². The molecule has 0 aromatic carbocycles. The van der Waals surface area contributed by atoms with Gasteiger partial charge in [-0.2, -0.15) is 0 Å². The second kappa shape index (κ2) is 47.8. The molecule has 6 unspecified atom stereocenters. The van der Waals surface area contributed by atoms with Crippen molar-refractivity contribution in [1.82, 2.24) is 9.80 Å². The van der Waals surface area contributed by atoms with E-state index < -0.39 is 0 Å². The van der Waals surface area contributed by atoms with Gasteiger partial charge in [0.15, 0.2) is 0 Å². The van der Waals surface area contributed by atoms with E-state index in [2.05, 4.69) is 58.3 Å². The van der Waals surface area contributed by atoms with Gasteiger partial charge in [-0.3, -0.25) is 9.80 Å². The lowest BCUT2D eigenvalue weighted by molar-refractivity contribution is 0.0117. The standard InChI is InChI=1S/C24H48N2.8C2H6/c1-8-25(16-23-14-18(3)10-12-20(23)5)22(7)26(9-2)17-24-15-19(4)11-13-21(24)6;8*1-2/h18-24H,8-17H2,1-7H3;8*1-2H3. The van der Waals surface area contributed by atoms with Gasteiger partial charge in [0.2, 0.25) is 0 Å². The molecule has 2 rings (SSSR count). The van der Waals surface area contributed by atoms with Crippen molar-refractivity contribution < 1.29 is 0 Å². The highest BCUT2D eigenvalue weighted by atomic mass is 15.3. The van der Waals surface area contributed by atoms with Crippen LogP contribution in [0.15, 0.2) is 0 Å². The van der Waals surface area contributed by atoms with Gasteiger partial charge in [-0.1, -0.05) is 178 Å². The lowest BCUT2D eigenvalue weighted by Crippen LogP contribution is -2.51. The second-order valence-electron chi connectivity index (χ2n) is 10.1. The van der Waals surface area contributed by atoms with Gasteiger partial charge in [0, 0.05) is 13.1 Å². The minimum Gasteiger partial charge on any atom is -0.288 e. The van der Waals surface area contributed by atoms with Crippen LogP contribution in [0.4, 0.5) is 0 Å². The van der Waals surface area contributed by atoms with Crippen LogP contribution in [-0.4, -0.2) is 42.1 Å². The van der Waals surface area contributed by atoms with Crippen molar-refractivity contribution in [3.63, 3.8) is 0 Å². The van der Waals surface area contributed by atoms with Crippen molar-refractivity contribution in [3.8, 4) is 0 Å². The topological polar surface area (TPSA) is 6.48 Å². The Kier molecular flexibility index (Phi) is 65.6. The first-order chi connectivity index (χ1) is 20.3.